The predicted octanol–water partition coefficient (Wildman–Crippen LogP) is 3.53. The molecular weight excluding hydrogens is 324 g/mol. The van der Waals surface area contributed by atoms with Gasteiger partial charge in [-0.15, -0.1) is 0 Å². The summed E-state index contributed by atoms with van der Waals surface area (Å²) in [6.45, 7) is 1.55. The van der Waals surface area contributed by atoms with Gasteiger partial charge in [0, 0.05) is 11.6 Å². The number of carbonyl (C=O) groups is 1. The van der Waals surface area contributed by atoms with Crippen LogP contribution in [0.3, 0.4) is 0 Å². The number of phenols is 1. The van der Waals surface area contributed by atoms with Crippen LogP contribution in [0.5, 0.6) is 5.75 Å². The standard InChI is InChI=1S/C15H11ClN2O5/c1-9(11-4-2-3-5-14(11)19)17-23-15(20)10-6-7-12(16)13(8-10)18(21)22/h2-8,19H,1H3. The van der Waals surface area contributed by atoms with E-state index in [9.17, 15) is 20.0 Å². The molecule has 0 bridgehead atoms. The van der Waals surface area contributed by atoms with Crippen LogP contribution in [0.2, 0.25) is 5.02 Å². The molecule has 2 rings (SSSR count). The summed E-state index contributed by atoms with van der Waals surface area (Å²) in [5.41, 5.74) is 0.222. The van der Waals surface area contributed by atoms with Crippen molar-refractivity contribution >= 4 is 29.0 Å². The maximum Gasteiger partial charge on any atom is 0.365 e. The number of carbonyl (C=O) groups excluding carboxylic acids is 1. The van der Waals surface area contributed by atoms with E-state index in [1.54, 1.807) is 25.1 Å². The van der Waals surface area contributed by atoms with Gasteiger partial charge in [0.1, 0.15) is 10.8 Å². The molecule has 2 aromatic carbocycles. The van der Waals surface area contributed by atoms with E-state index < -0.39 is 16.6 Å². The molecule has 23 heavy (non-hydrogen) atoms. The Morgan fingerprint density at radius 3 is 2.65 bits per heavy atom. The predicted molar refractivity (Wildman–Crippen MR) is 83.8 cm³/mol. The molecule has 0 aliphatic carbocycles. The van der Waals surface area contributed by atoms with Crippen LogP contribution in [0, 0.1) is 10.1 Å². The van der Waals surface area contributed by atoms with Gasteiger partial charge < -0.3 is 9.94 Å². The van der Waals surface area contributed by atoms with E-state index in [4.69, 9.17) is 16.4 Å². The molecule has 0 aliphatic rings. The Balaban J connectivity index is 2.20. The van der Waals surface area contributed by atoms with Crippen molar-refractivity contribution < 1.29 is 19.7 Å². The summed E-state index contributed by atoms with van der Waals surface area (Å²) in [5, 5.41) is 24.0. The van der Waals surface area contributed by atoms with E-state index in [0.717, 1.165) is 6.07 Å². The van der Waals surface area contributed by atoms with E-state index in [0.29, 0.717) is 5.56 Å². The second kappa shape index (κ2) is 6.89. The lowest BCUT2D eigenvalue weighted by atomic mass is 10.1. The zero-order valence-electron chi connectivity index (χ0n) is 11.9. The molecule has 0 amide bonds. The summed E-state index contributed by atoms with van der Waals surface area (Å²) in [7, 11) is 0. The van der Waals surface area contributed by atoms with Gasteiger partial charge in [-0.3, -0.25) is 10.1 Å². The van der Waals surface area contributed by atoms with Crippen molar-refractivity contribution in [1.29, 1.82) is 0 Å². The van der Waals surface area contributed by atoms with Crippen LogP contribution in [0.25, 0.3) is 0 Å². The Bertz CT molecular complexity index is 804. The lowest BCUT2D eigenvalue weighted by molar-refractivity contribution is -0.384. The normalized spacial score (nSPS) is 11.1. The molecular formula is C15H11ClN2O5. The van der Waals surface area contributed by atoms with Crippen LogP contribution >= 0.6 is 11.6 Å². The van der Waals surface area contributed by atoms with Gasteiger partial charge in [-0.05, 0) is 31.2 Å². The SMILES string of the molecule is CC(=NOC(=O)c1ccc(Cl)c([N+](=O)[O-])c1)c1ccccc1O. The molecule has 2 aromatic rings. The molecule has 0 heterocycles. The van der Waals surface area contributed by atoms with Crippen LogP contribution in [-0.4, -0.2) is 21.7 Å². The van der Waals surface area contributed by atoms with Crippen molar-refractivity contribution in [3.63, 3.8) is 0 Å². The number of nitro benzene ring substituents is 1. The molecule has 0 spiro atoms. The number of hydrogen-bond acceptors (Lipinski definition) is 6. The third-order valence-electron chi connectivity index (χ3n) is 2.94. The number of halogens is 1. The fourth-order valence-electron chi connectivity index (χ4n) is 1.77. The van der Waals surface area contributed by atoms with Crippen molar-refractivity contribution in [2.45, 2.75) is 6.92 Å². The number of rotatable bonds is 4. The van der Waals surface area contributed by atoms with Crippen LogP contribution in [0.4, 0.5) is 5.69 Å². The van der Waals surface area contributed by atoms with Crippen LogP contribution < -0.4 is 0 Å². The van der Waals surface area contributed by atoms with Gasteiger partial charge in [0.2, 0.25) is 0 Å². The van der Waals surface area contributed by atoms with Crippen LogP contribution in [0.1, 0.15) is 22.8 Å². The zero-order valence-corrected chi connectivity index (χ0v) is 12.6. The lowest BCUT2D eigenvalue weighted by Gasteiger charge is -2.04. The molecule has 0 saturated carbocycles. The highest BCUT2D eigenvalue weighted by atomic mass is 35.5. The van der Waals surface area contributed by atoms with Crippen molar-refractivity contribution in [1.82, 2.24) is 0 Å². The van der Waals surface area contributed by atoms with Crippen LogP contribution in [-0.2, 0) is 4.84 Å². The van der Waals surface area contributed by atoms with E-state index >= 15 is 0 Å². The number of aromatic hydroxyl groups is 1. The minimum Gasteiger partial charge on any atom is -0.507 e. The van der Waals surface area contributed by atoms with E-state index in [1.807, 2.05) is 0 Å². The van der Waals surface area contributed by atoms with Gasteiger partial charge in [0.25, 0.3) is 5.69 Å². The van der Waals surface area contributed by atoms with E-state index in [1.165, 1.54) is 18.2 Å². The largest absolute Gasteiger partial charge is 0.507 e. The molecule has 0 radical (unpaired) electrons. The molecule has 0 aliphatic heterocycles. The summed E-state index contributed by atoms with van der Waals surface area (Å²) in [4.78, 5) is 26.7. The van der Waals surface area contributed by atoms with Gasteiger partial charge in [-0.1, -0.05) is 28.9 Å². The van der Waals surface area contributed by atoms with Gasteiger partial charge in [0.05, 0.1) is 16.2 Å². The van der Waals surface area contributed by atoms with Gasteiger partial charge in [-0.2, -0.15) is 0 Å². The van der Waals surface area contributed by atoms with Crippen molar-refractivity contribution in [2.75, 3.05) is 0 Å². The first-order valence-electron chi connectivity index (χ1n) is 6.38. The van der Waals surface area contributed by atoms with Crippen molar-refractivity contribution in [3.05, 3.63) is 68.7 Å². The molecule has 0 aromatic heterocycles. The third-order valence-corrected chi connectivity index (χ3v) is 3.26. The Morgan fingerprint density at radius 1 is 1.30 bits per heavy atom. The minimum atomic E-state index is -0.875. The topological polar surface area (TPSA) is 102 Å². The highest BCUT2D eigenvalue weighted by molar-refractivity contribution is 6.32. The number of nitro groups is 1. The second-order valence-corrected chi connectivity index (χ2v) is 4.90. The lowest BCUT2D eigenvalue weighted by Crippen LogP contribution is -2.05. The quantitative estimate of drug-likeness (QED) is 0.399. The van der Waals surface area contributed by atoms with E-state index in [2.05, 4.69) is 5.16 Å². The van der Waals surface area contributed by atoms with Crippen molar-refractivity contribution in [3.8, 4) is 5.75 Å². The maximum absolute atomic E-state index is 11.9. The average molecular weight is 335 g/mol. The highest BCUT2D eigenvalue weighted by Crippen LogP contribution is 2.25. The summed E-state index contributed by atoms with van der Waals surface area (Å²) in [5.74, 6) is -0.883. The molecule has 7 nitrogen and oxygen atoms in total. The molecule has 8 heteroatoms. The summed E-state index contributed by atoms with van der Waals surface area (Å²) < 4.78 is 0. The fraction of sp³-hybridized carbons (Fsp3) is 0.0667. The molecule has 0 unspecified atom stereocenters. The monoisotopic (exact) mass is 334 g/mol. The first-order chi connectivity index (χ1) is 10.9. The Morgan fingerprint density at radius 2 is 2.00 bits per heavy atom. The Kier molecular flexibility index (Phi) is 4.92. The summed E-state index contributed by atoms with van der Waals surface area (Å²) in [6, 6.07) is 9.95. The van der Waals surface area contributed by atoms with Crippen molar-refractivity contribution in [2.24, 2.45) is 5.16 Å². The Labute approximate surface area is 135 Å². The molecule has 1 N–H and O–H groups in total. The second-order valence-electron chi connectivity index (χ2n) is 4.50. The van der Waals surface area contributed by atoms with Crippen LogP contribution in [0.15, 0.2) is 47.6 Å². The molecule has 118 valence electrons. The third kappa shape index (κ3) is 3.83. The number of para-hydroxylation sites is 1. The van der Waals surface area contributed by atoms with Gasteiger partial charge >= 0.3 is 5.97 Å². The average Bonchev–Trinajstić information content (AvgIpc) is 2.52. The minimum absolute atomic E-state index is 0.00747. The van der Waals surface area contributed by atoms with Gasteiger partial charge in [-0.25, -0.2) is 4.79 Å². The maximum atomic E-state index is 11.9. The summed E-state index contributed by atoms with van der Waals surface area (Å²) >= 11 is 5.67. The van der Waals surface area contributed by atoms with E-state index in [-0.39, 0.29) is 22.0 Å². The number of phenolic OH excluding ortho intramolecular Hbond substituents is 1. The molecule has 0 atom stereocenters. The number of oxime groups is 1. The number of benzene rings is 2. The Hall–Kier alpha value is -2.93. The number of hydrogen-bond donors (Lipinski definition) is 1. The first-order valence-corrected chi connectivity index (χ1v) is 6.76. The highest BCUT2D eigenvalue weighted by Gasteiger charge is 2.17. The molecule has 0 saturated heterocycles. The summed E-state index contributed by atoms with van der Waals surface area (Å²) in [6.07, 6.45) is 0. The van der Waals surface area contributed by atoms with Gasteiger partial charge in [0.15, 0.2) is 0 Å². The smallest absolute Gasteiger partial charge is 0.365 e. The number of nitrogens with zero attached hydrogens (tertiary/aromatic N) is 2. The first kappa shape index (κ1) is 16.4. The molecule has 0 fully saturated rings. The zero-order chi connectivity index (χ0) is 17.0. The fourth-order valence-corrected chi connectivity index (χ4v) is 1.96.